The monoisotopic (exact) mass is 422 g/mol. The maximum Gasteiger partial charge on any atom is 0.246 e. The SMILES string of the molecule is Cl.O=S(=O)(c1c(Cl)cc(Br)cc1Cl)N1CCCNCC1. The molecule has 1 aromatic rings. The number of hydrogen-bond donors (Lipinski definition) is 1. The van der Waals surface area contributed by atoms with Crippen LogP contribution in [0.2, 0.25) is 10.0 Å². The van der Waals surface area contributed by atoms with Gasteiger partial charge in [-0.15, -0.1) is 12.4 Å². The van der Waals surface area contributed by atoms with E-state index in [4.69, 9.17) is 23.2 Å². The Hall–Kier alpha value is 0.440. The Labute approximate surface area is 143 Å². The minimum absolute atomic E-state index is 0. The Balaban J connectivity index is 0.00000200. The van der Waals surface area contributed by atoms with Gasteiger partial charge in [-0.3, -0.25) is 0 Å². The van der Waals surface area contributed by atoms with Crippen LogP contribution < -0.4 is 5.32 Å². The average Bonchev–Trinajstić information content (AvgIpc) is 2.55. The van der Waals surface area contributed by atoms with E-state index in [0.29, 0.717) is 24.1 Å². The highest BCUT2D eigenvalue weighted by Crippen LogP contribution is 2.34. The van der Waals surface area contributed by atoms with Crippen LogP contribution in [0.15, 0.2) is 21.5 Å². The van der Waals surface area contributed by atoms with Gasteiger partial charge in [0.25, 0.3) is 0 Å². The molecule has 1 aliphatic heterocycles. The molecule has 0 bridgehead atoms. The predicted octanol–water partition coefficient (Wildman–Crippen LogP) is 3.16. The van der Waals surface area contributed by atoms with Crippen molar-refractivity contribution in [2.45, 2.75) is 11.3 Å². The fourth-order valence-electron chi connectivity index (χ4n) is 1.97. The number of halogens is 4. The molecule has 4 nitrogen and oxygen atoms in total. The van der Waals surface area contributed by atoms with Crippen LogP contribution in [0.3, 0.4) is 0 Å². The van der Waals surface area contributed by atoms with Crippen molar-refractivity contribution >= 4 is 61.6 Å². The van der Waals surface area contributed by atoms with E-state index in [1.165, 1.54) is 16.4 Å². The molecule has 1 saturated heterocycles. The highest BCUT2D eigenvalue weighted by molar-refractivity contribution is 9.10. The first-order chi connectivity index (χ1) is 8.93. The zero-order chi connectivity index (χ0) is 14.0. The Morgan fingerprint density at radius 3 is 2.35 bits per heavy atom. The van der Waals surface area contributed by atoms with Crippen LogP contribution in [0, 0.1) is 0 Å². The molecular weight excluding hydrogens is 410 g/mol. The minimum Gasteiger partial charge on any atom is -0.315 e. The molecule has 1 aromatic carbocycles. The van der Waals surface area contributed by atoms with Crippen LogP contribution >= 0.6 is 51.5 Å². The highest BCUT2D eigenvalue weighted by atomic mass is 79.9. The predicted molar refractivity (Wildman–Crippen MR) is 87.7 cm³/mol. The van der Waals surface area contributed by atoms with Crippen LogP contribution in [0.5, 0.6) is 0 Å². The van der Waals surface area contributed by atoms with Crippen molar-refractivity contribution in [2.75, 3.05) is 26.2 Å². The summed E-state index contributed by atoms with van der Waals surface area (Å²) < 4.78 is 27.3. The number of benzene rings is 1. The zero-order valence-corrected chi connectivity index (χ0v) is 15.1. The van der Waals surface area contributed by atoms with Crippen LogP contribution in [0.1, 0.15) is 6.42 Å². The maximum absolute atomic E-state index is 12.6. The van der Waals surface area contributed by atoms with Crippen LogP contribution in [0.4, 0.5) is 0 Å². The van der Waals surface area contributed by atoms with Crippen molar-refractivity contribution in [1.82, 2.24) is 9.62 Å². The fourth-order valence-corrected chi connectivity index (χ4v) is 5.33. The molecule has 1 heterocycles. The first-order valence-corrected chi connectivity index (χ1v) is 8.77. The standard InChI is InChI=1S/C11H13BrCl2N2O2S.ClH/c12-8-6-9(13)11(10(14)7-8)19(17,18)16-4-1-2-15-3-5-16;/h6-7,15H,1-5H2;1H. The third-order valence-electron chi connectivity index (χ3n) is 2.86. The Morgan fingerprint density at radius 1 is 1.15 bits per heavy atom. The van der Waals surface area contributed by atoms with Gasteiger partial charge in [0.2, 0.25) is 10.0 Å². The lowest BCUT2D eigenvalue weighted by atomic mass is 10.4. The Kier molecular flexibility index (Phi) is 7.05. The average molecular weight is 425 g/mol. The van der Waals surface area contributed by atoms with Crippen LogP contribution in [-0.4, -0.2) is 38.9 Å². The van der Waals surface area contributed by atoms with Gasteiger partial charge in [0, 0.05) is 24.1 Å². The molecule has 114 valence electrons. The second-order valence-corrected chi connectivity index (χ2v) is 7.81. The largest absolute Gasteiger partial charge is 0.315 e. The van der Waals surface area contributed by atoms with Crippen LogP contribution in [0.25, 0.3) is 0 Å². The molecule has 0 atom stereocenters. The molecule has 0 amide bonds. The van der Waals surface area contributed by atoms with Crippen molar-refractivity contribution in [3.8, 4) is 0 Å². The number of nitrogens with zero attached hydrogens (tertiary/aromatic N) is 1. The van der Waals surface area contributed by atoms with Gasteiger partial charge in [-0.1, -0.05) is 39.1 Å². The molecule has 20 heavy (non-hydrogen) atoms. The Bertz CT molecular complexity index is 552. The molecule has 2 rings (SSSR count). The fraction of sp³-hybridized carbons (Fsp3) is 0.455. The van der Waals surface area contributed by atoms with Gasteiger partial charge in [0.15, 0.2) is 0 Å². The first-order valence-electron chi connectivity index (χ1n) is 5.78. The molecule has 0 saturated carbocycles. The number of sulfonamides is 1. The summed E-state index contributed by atoms with van der Waals surface area (Å²) in [7, 11) is -3.65. The summed E-state index contributed by atoms with van der Waals surface area (Å²) in [6.45, 7) is 2.34. The molecule has 9 heteroatoms. The second-order valence-electron chi connectivity index (χ2n) is 4.21. The normalized spacial score (nSPS) is 17.4. The summed E-state index contributed by atoms with van der Waals surface area (Å²) in [5, 5.41) is 3.43. The van der Waals surface area contributed by atoms with Gasteiger partial charge in [-0.05, 0) is 25.1 Å². The number of nitrogens with one attached hydrogen (secondary N) is 1. The van der Waals surface area contributed by atoms with Gasteiger partial charge in [0.1, 0.15) is 4.90 Å². The molecule has 1 N–H and O–H groups in total. The van der Waals surface area contributed by atoms with Gasteiger partial charge >= 0.3 is 0 Å². The third-order valence-corrected chi connectivity index (χ3v) is 6.14. The smallest absolute Gasteiger partial charge is 0.246 e. The van der Waals surface area contributed by atoms with E-state index < -0.39 is 10.0 Å². The minimum atomic E-state index is -3.65. The van der Waals surface area contributed by atoms with E-state index in [1.807, 2.05) is 0 Å². The van der Waals surface area contributed by atoms with Crippen molar-refractivity contribution in [1.29, 1.82) is 0 Å². The maximum atomic E-state index is 12.6. The quantitative estimate of drug-likeness (QED) is 0.794. The number of hydrogen-bond acceptors (Lipinski definition) is 3. The molecule has 0 spiro atoms. The lowest BCUT2D eigenvalue weighted by Crippen LogP contribution is -2.34. The molecule has 0 radical (unpaired) electrons. The van der Waals surface area contributed by atoms with Gasteiger partial charge in [-0.25, -0.2) is 8.42 Å². The first kappa shape index (κ1) is 18.5. The summed E-state index contributed by atoms with van der Waals surface area (Å²) in [6.07, 6.45) is 0.769. The third kappa shape index (κ3) is 4.00. The molecule has 0 aromatic heterocycles. The highest BCUT2D eigenvalue weighted by Gasteiger charge is 2.29. The summed E-state index contributed by atoms with van der Waals surface area (Å²) in [5.41, 5.74) is 0. The summed E-state index contributed by atoms with van der Waals surface area (Å²) in [6, 6.07) is 3.08. The topological polar surface area (TPSA) is 49.4 Å². The van der Waals surface area contributed by atoms with E-state index in [0.717, 1.165) is 13.0 Å². The van der Waals surface area contributed by atoms with E-state index in [9.17, 15) is 8.42 Å². The lowest BCUT2D eigenvalue weighted by molar-refractivity contribution is 0.432. The molecule has 0 unspecified atom stereocenters. The van der Waals surface area contributed by atoms with Gasteiger partial charge in [-0.2, -0.15) is 4.31 Å². The lowest BCUT2D eigenvalue weighted by Gasteiger charge is -2.21. The molecule has 1 aliphatic rings. The van der Waals surface area contributed by atoms with Crippen molar-refractivity contribution in [3.05, 3.63) is 26.7 Å². The summed E-state index contributed by atoms with van der Waals surface area (Å²) in [5.74, 6) is 0. The van der Waals surface area contributed by atoms with Crippen molar-refractivity contribution < 1.29 is 8.42 Å². The van der Waals surface area contributed by atoms with E-state index in [2.05, 4.69) is 21.2 Å². The molecule has 0 aliphatic carbocycles. The van der Waals surface area contributed by atoms with E-state index >= 15 is 0 Å². The van der Waals surface area contributed by atoms with Gasteiger partial charge < -0.3 is 5.32 Å². The van der Waals surface area contributed by atoms with E-state index in [1.54, 1.807) is 0 Å². The molecule has 1 fully saturated rings. The number of rotatable bonds is 2. The van der Waals surface area contributed by atoms with E-state index in [-0.39, 0.29) is 27.3 Å². The summed E-state index contributed by atoms with van der Waals surface area (Å²) >= 11 is 15.3. The van der Waals surface area contributed by atoms with Crippen molar-refractivity contribution in [3.63, 3.8) is 0 Å². The molecular formula is C11H14BrCl3N2O2S. The second kappa shape index (κ2) is 7.63. The Morgan fingerprint density at radius 2 is 1.75 bits per heavy atom. The van der Waals surface area contributed by atoms with Crippen molar-refractivity contribution in [2.24, 2.45) is 0 Å². The van der Waals surface area contributed by atoms with Crippen LogP contribution in [-0.2, 0) is 10.0 Å². The summed E-state index contributed by atoms with van der Waals surface area (Å²) in [4.78, 5) is -0.0130. The van der Waals surface area contributed by atoms with Gasteiger partial charge in [0.05, 0.1) is 10.0 Å². The zero-order valence-electron chi connectivity index (χ0n) is 10.4.